The zero-order chi connectivity index (χ0) is 20.1. The maximum absolute atomic E-state index is 14.2. The van der Waals surface area contributed by atoms with Crippen molar-refractivity contribution < 1.29 is 18.3 Å². The number of carbonyl (C=O) groups excluding carboxylic acids is 1. The lowest BCUT2D eigenvalue weighted by Crippen LogP contribution is -2.48. The zero-order valence-corrected chi connectivity index (χ0v) is 16.8. The summed E-state index contributed by atoms with van der Waals surface area (Å²) >= 11 is 1.69. The van der Waals surface area contributed by atoms with Crippen LogP contribution in [0.5, 0.6) is 0 Å². The van der Waals surface area contributed by atoms with Gasteiger partial charge in [0.2, 0.25) is 0 Å². The van der Waals surface area contributed by atoms with Gasteiger partial charge in [-0.15, -0.1) is 0 Å². The van der Waals surface area contributed by atoms with Crippen molar-refractivity contribution in [1.82, 2.24) is 9.80 Å². The molecule has 0 radical (unpaired) electrons. The van der Waals surface area contributed by atoms with Crippen LogP contribution >= 0.6 is 11.3 Å². The molecule has 1 aliphatic rings. The number of hydrogen-bond donors (Lipinski definition) is 0. The van der Waals surface area contributed by atoms with Crippen molar-refractivity contribution in [3.8, 4) is 0 Å². The summed E-state index contributed by atoms with van der Waals surface area (Å²) in [6, 6.07) is 11.8. The molecule has 3 aromatic rings. The number of hydrogen-bond acceptors (Lipinski definition) is 5. The van der Waals surface area contributed by atoms with Gasteiger partial charge in [-0.1, -0.05) is 12.1 Å². The number of carbonyl (C=O) groups is 1. The first-order valence-corrected chi connectivity index (χ1v) is 10.5. The van der Waals surface area contributed by atoms with Crippen molar-refractivity contribution >= 4 is 17.2 Å². The number of nitrogens with zero attached hydrogens (tertiary/aromatic N) is 2. The minimum atomic E-state index is -0.523. The molecule has 0 bridgehead atoms. The molecule has 29 heavy (non-hydrogen) atoms. The molecule has 4 rings (SSSR count). The molecule has 1 saturated heterocycles. The van der Waals surface area contributed by atoms with Gasteiger partial charge in [0.05, 0.1) is 31.1 Å². The summed E-state index contributed by atoms with van der Waals surface area (Å²) in [6.07, 6.45) is 1.42. The smallest absolute Gasteiger partial charge is 0.257 e. The van der Waals surface area contributed by atoms with E-state index in [0.717, 1.165) is 19.6 Å². The summed E-state index contributed by atoms with van der Waals surface area (Å²) in [5.41, 5.74) is 1.34. The van der Waals surface area contributed by atoms with Crippen molar-refractivity contribution in [1.29, 1.82) is 0 Å². The van der Waals surface area contributed by atoms with E-state index in [1.165, 1.54) is 17.7 Å². The quantitative estimate of drug-likeness (QED) is 0.586. The second kappa shape index (κ2) is 9.35. The Morgan fingerprint density at radius 2 is 2.14 bits per heavy atom. The largest absolute Gasteiger partial charge is 0.467 e. The highest BCUT2D eigenvalue weighted by molar-refractivity contribution is 7.07. The van der Waals surface area contributed by atoms with Crippen LogP contribution in [0.15, 0.2) is 63.9 Å². The van der Waals surface area contributed by atoms with Gasteiger partial charge in [-0.05, 0) is 46.7 Å². The molecule has 0 saturated carbocycles. The van der Waals surface area contributed by atoms with Gasteiger partial charge in [0, 0.05) is 26.2 Å². The van der Waals surface area contributed by atoms with E-state index in [1.54, 1.807) is 40.7 Å². The molecule has 1 aromatic carbocycles. The Labute approximate surface area is 173 Å². The normalized spacial score (nSPS) is 17.3. The van der Waals surface area contributed by atoms with Gasteiger partial charge in [-0.3, -0.25) is 9.69 Å². The van der Waals surface area contributed by atoms with E-state index in [4.69, 9.17) is 9.15 Å². The Hall–Kier alpha value is -2.48. The monoisotopic (exact) mass is 414 g/mol. The second-order valence-corrected chi connectivity index (χ2v) is 7.88. The molecule has 1 unspecified atom stereocenters. The fraction of sp³-hybridized carbons (Fsp3) is 0.318. The number of morpholine rings is 1. The Balaban J connectivity index is 1.47. The molecule has 1 aliphatic heterocycles. The van der Waals surface area contributed by atoms with Crippen LogP contribution in [0, 0.1) is 5.82 Å². The molecule has 5 nitrogen and oxygen atoms in total. The zero-order valence-electron chi connectivity index (χ0n) is 16.0. The molecule has 3 heterocycles. The van der Waals surface area contributed by atoms with Crippen LogP contribution in [0.1, 0.15) is 21.7 Å². The summed E-state index contributed by atoms with van der Waals surface area (Å²) < 4.78 is 25.6. The first-order chi connectivity index (χ1) is 14.2. The van der Waals surface area contributed by atoms with E-state index in [-0.39, 0.29) is 24.1 Å². The number of amides is 1. The SMILES string of the molecule is O=C(c1ccccc1F)N(Cc1ccco1)CC1CN(Cc2ccsc2)CCO1. The van der Waals surface area contributed by atoms with E-state index >= 15 is 0 Å². The lowest BCUT2D eigenvalue weighted by molar-refractivity contribution is -0.0442. The summed E-state index contributed by atoms with van der Waals surface area (Å²) in [4.78, 5) is 17.0. The average Bonchev–Trinajstić information content (AvgIpc) is 3.42. The highest BCUT2D eigenvalue weighted by Gasteiger charge is 2.27. The second-order valence-electron chi connectivity index (χ2n) is 7.10. The van der Waals surface area contributed by atoms with Crippen molar-refractivity contribution in [2.24, 2.45) is 0 Å². The summed E-state index contributed by atoms with van der Waals surface area (Å²) in [5.74, 6) is -0.232. The van der Waals surface area contributed by atoms with Crippen molar-refractivity contribution in [3.05, 3.63) is 82.2 Å². The number of halogens is 1. The van der Waals surface area contributed by atoms with Crippen LogP contribution in [-0.4, -0.2) is 48.1 Å². The number of benzene rings is 1. The fourth-order valence-electron chi connectivity index (χ4n) is 3.54. The molecule has 2 aromatic heterocycles. The third kappa shape index (κ3) is 5.12. The topological polar surface area (TPSA) is 45.9 Å². The van der Waals surface area contributed by atoms with Crippen LogP contribution in [0.2, 0.25) is 0 Å². The van der Waals surface area contributed by atoms with Gasteiger partial charge in [-0.2, -0.15) is 11.3 Å². The number of thiophene rings is 1. The van der Waals surface area contributed by atoms with E-state index in [9.17, 15) is 9.18 Å². The van der Waals surface area contributed by atoms with Gasteiger partial charge in [0.25, 0.3) is 5.91 Å². The van der Waals surface area contributed by atoms with Crippen LogP contribution in [-0.2, 0) is 17.8 Å². The van der Waals surface area contributed by atoms with Crippen LogP contribution in [0.4, 0.5) is 4.39 Å². The maximum atomic E-state index is 14.2. The Kier molecular flexibility index (Phi) is 6.39. The number of rotatable bonds is 7. The molecular weight excluding hydrogens is 391 g/mol. The molecule has 0 N–H and O–H groups in total. The highest BCUT2D eigenvalue weighted by Crippen LogP contribution is 2.18. The summed E-state index contributed by atoms with van der Waals surface area (Å²) in [7, 11) is 0. The lowest BCUT2D eigenvalue weighted by atomic mass is 10.1. The van der Waals surface area contributed by atoms with E-state index < -0.39 is 5.82 Å². The predicted octanol–water partition coefficient (Wildman–Crippen LogP) is 4.02. The third-order valence-electron chi connectivity index (χ3n) is 4.95. The third-order valence-corrected chi connectivity index (χ3v) is 5.68. The van der Waals surface area contributed by atoms with Gasteiger partial charge in [0.1, 0.15) is 11.6 Å². The molecule has 152 valence electrons. The Bertz CT molecular complexity index is 914. The average molecular weight is 415 g/mol. The minimum Gasteiger partial charge on any atom is -0.467 e. The van der Waals surface area contributed by atoms with Gasteiger partial charge in [-0.25, -0.2) is 4.39 Å². The first-order valence-electron chi connectivity index (χ1n) is 9.60. The maximum Gasteiger partial charge on any atom is 0.257 e. The lowest BCUT2D eigenvalue weighted by Gasteiger charge is -2.35. The van der Waals surface area contributed by atoms with E-state index in [1.807, 2.05) is 6.07 Å². The van der Waals surface area contributed by atoms with Gasteiger partial charge >= 0.3 is 0 Å². The molecule has 1 atom stereocenters. The highest BCUT2D eigenvalue weighted by atomic mass is 32.1. The van der Waals surface area contributed by atoms with Gasteiger partial charge in [0.15, 0.2) is 0 Å². The summed E-state index contributed by atoms with van der Waals surface area (Å²) in [5, 5.41) is 4.22. The standard InChI is InChI=1S/C22H23FN2O3S/c23-21-6-2-1-5-20(21)22(26)25(14-18-4-3-9-27-18)15-19-13-24(8-10-28-19)12-17-7-11-29-16-17/h1-7,9,11,16,19H,8,10,12-15H2. The van der Waals surface area contributed by atoms with Crippen LogP contribution < -0.4 is 0 Å². The Morgan fingerprint density at radius 3 is 2.90 bits per heavy atom. The molecule has 1 amide bonds. The molecule has 1 fully saturated rings. The molecule has 0 spiro atoms. The molecule has 7 heteroatoms. The number of furan rings is 1. The number of ether oxygens (including phenoxy) is 1. The van der Waals surface area contributed by atoms with Crippen molar-refractivity contribution in [2.75, 3.05) is 26.2 Å². The first kappa shape index (κ1) is 19.8. The summed E-state index contributed by atoms with van der Waals surface area (Å²) in [6.45, 7) is 3.68. The minimum absolute atomic E-state index is 0.0602. The van der Waals surface area contributed by atoms with Crippen molar-refractivity contribution in [3.63, 3.8) is 0 Å². The predicted molar refractivity (Wildman–Crippen MR) is 109 cm³/mol. The Morgan fingerprint density at radius 1 is 1.24 bits per heavy atom. The van der Waals surface area contributed by atoms with Crippen LogP contribution in [0.3, 0.4) is 0 Å². The van der Waals surface area contributed by atoms with E-state index in [0.29, 0.717) is 18.9 Å². The molecular formula is C22H23FN2O3S. The van der Waals surface area contributed by atoms with Crippen molar-refractivity contribution in [2.45, 2.75) is 19.2 Å². The van der Waals surface area contributed by atoms with Crippen LogP contribution in [0.25, 0.3) is 0 Å². The molecule has 0 aliphatic carbocycles. The van der Waals surface area contributed by atoms with Gasteiger partial charge < -0.3 is 14.1 Å². The van der Waals surface area contributed by atoms with E-state index in [2.05, 4.69) is 21.7 Å². The fourth-order valence-corrected chi connectivity index (χ4v) is 4.20.